The van der Waals surface area contributed by atoms with E-state index < -0.39 is 6.10 Å². The molecule has 0 radical (unpaired) electrons. The summed E-state index contributed by atoms with van der Waals surface area (Å²) < 4.78 is 6.71. The second-order valence-corrected chi connectivity index (χ2v) is 10.3. The number of aliphatic hydroxyl groups is 1. The molecule has 0 spiro atoms. The van der Waals surface area contributed by atoms with E-state index in [2.05, 4.69) is 59.4 Å². The van der Waals surface area contributed by atoms with Gasteiger partial charge in [-0.2, -0.15) is 0 Å². The van der Waals surface area contributed by atoms with E-state index >= 15 is 0 Å². The quantitative estimate of drug-likeness (QED) is 0.473. The number of nitrogens with one attached hydrogen (secondary N) is 1. The maximum absolute atomic E-state index is 11.2. The summed E-state index contributed by atoms with van der Waals surface area (Å²) in [6.07, 6.45) is 3.96. The smallest absolute Gasteiger partial charge is 0.133 e. The second-order valence-electron chi connectivity index (χ2n) is 9.44. The molecule has 2 N–H and O–H groups in total. The van der Waals surface area contributed by atoms with Crippen LogP contribution in [-0.4, -0.2) is 35.7 Å². The Morgan fingerprint density at radius 2 is 1.90 bits per heavy atom. The number of ketones is 1. The lowest BCUT2D eigenvalue weighted by atomic mass is 9.88. The van der Waals surface area contributed by atoms with Crippen LogP contribution < -0.4 is 10.1 Å². The van der Waals surface area contributed by atoms with Crippen molar-refractivity contribution in [2.45, 2.75) is 64.5 Å². The molecule has 1 aliphatic rings. The summed E-state index contributed by atoms with van der Waals surface area (Å²) in [5.74, 6) is 1.51. The van der Waals surface area contributed by atoms with Crippen molar-refractivity contribution in [3.8, 4) is 5.75 Å². The third kappa shape index (κ3) is 7.44. The first-order valence-electron chi connectivity index (χ1n) is 11.1. The first-order chi connectivity index (χ1) is 14.7. The maximum Gasteiger partial charge on any atom is 0.133 e. The van der Waals surface area contributed by atoms with Crippen LogP contribution in [0.4, 0.5) is 0 Å². The van der Waals surface area contributed by atoms with E-state index in [-0.39, 0.29) is 17.9 Å². The van der Waals surface area contributed by atoms with Gasteiger partial charge in [-0.05, 0) is 97.1 Å². The molecule has 0 fully saturated rings. The van der Waals surface area contributed by atoms with Gasteiger partial charge >= 0.3 is 0 Å². The lowest BCUT2D eigenvalue weighted by Crippen LogP contribution is -2.46. The fourth-order valence-electron chi connectivity index (χ4n) is 4.36. The highest BCUT2D eigenvalue weighted by molar-refractivity contribution is 9.10. The van der Waals surface area contributed by atoms with Gasteiger partial charge in [0.15, 0.2) is 0 Å². The van der Waals surface area contributed by atoms with Crippen LogP contribution >= 0.6 is 15.9 Å². The number of halogens is 1. The van der Waals surface area contributed by atoms with Crippen molar-refractivity contribution in [1.82, 2.24) is 5.32 Å². The van der Waals surface area contributed by atoms with E-state index in [0.717, 1.165) is 29.3 Å². The average molecular weight is 488 g/mol. The number of Topliss-reactive ketones (excluding diaryl/α,β-unsaturated/α-hetero) is 1. The number of rotatable bonds is 11. The van der Waals surface area contributed by atoms with E-state index in [1.807, 2.05) is 18.2 Å². The van der Waals surface area contributed by atoms with Crippen molar-refractivity contribution in [3.63, 3.8) is 0 Å². The molecule has 1 aliphatic carbocycles. The van der Waals surface area contributed by atoms with Crippen molar-refractivity contribution in [1.29, 1.82) is 0 Å². The normalized spacial score (nSPS) is 15.0. The highest BCUT2D eigenvalue weighted by atomic mass is 79.9. The van der Waals surface area contributed by atoms with Crippen LogP contribution in [0, 0.1) is 5.92 Å². The number of ether oxygens (including phenoxy) is 1. The molecule has 2 aromatic rings. The van der Waals surface area contributed by atoms with Crippen LogP contribution in [0.15, 0.2) is 46.9 Å². The van der Waals surface area contributed by atoms with Gasteiger partial charge in [-0.1, -0.05) is 30.3 Å². The zero-order valence-corrected chi connectivity index (χ0v) is 20.4. The first-order valence-corrected chi connectivity index (χ1v) is 11.9. The molecule has 0 unspecified atom stereocenters. The Balaban J connectivity index is 1.44. The minimum atomic E-state index is -0.604. The highest BCUT2D eigenvalue weighted by Gasteiger charge is 2.28. The number of aliphatic hydroxyl groups excluding tert-OH is 1. The predicted octanol–water partition coefficient (Wildman–Crippen LogP) is 4.88. The van der Waals surface area contributed by atoms with Gasteiger partial charge in [0.05, 0.1) is 4.47 Å². The topological polar surface area (TPSA) is 58.6 Å². The van der Waals surface area contributed by atoms with Crippen LogP contribution in [0.2, 0.25) is 0 Å². The number of carbonyl (C=O) groups excluding carboxylic acids is 1. The lowest BCUT2D eigenvalue weighted by Gasteiger charge is -2.30. The van der Waals surface area contributed by atoms with Gasteiger partial charge < -0.3 is 20.0 Å². The van der Waals surface area contributed by atoms with Gasteiger partial charge in [-0.25, -0.2) is 0 Å². The predicted molar refractivity (Wildman–Crippen MR) is 129 cm³/mol. The van der Waals surface area contributed by atoms with Crippen molar-refractivity contribution in [3.05, 3.63) is 63.6 Å². The van der Waals surface area contributed by atoms with Crippen molar-refractivity contribution in [2.24, 2.45) is 5.92 Å². The molecule has 0 aromatic heterocycles. The van der Waals surface area contributed by atoms with Crippen LogP contribution in [0.5, 0.6) is 5.75 Å². The van der Waals surface area contributed by atoms with Crippen molar-refractivity contribution in [2.75, 3.05) is 13.2 Å². The van der Waals surface area contributed by atoms with Crippen LogP contribution in [0.3, 0.4) is 0 Å². The minimum absolute atomic E-state index is 0.0547. The summed E-state index contributed by atoms with van der Waals surface area (Å²) in [6, 6.07) is 14.6. The van der Waals surface area contributed by atoms with Crippen molar-refractivity contribution < 1.29 is 14.6 Å². The molecule has 168 valence electrons. The largest absolute Gasteiger partial charge is 0.490 e. The van der Waals surface area contributed by atoms with E-state index in [1.54, 1.807) is 6.92 Å². The number of β-amino-alcohol motifs (C(OH)–C–C–N with tert-alkyl or cyclic N) is 1. The SMILES string of the molecule is CC(=O)CCc1ccc(Br)c(OC[C@H](O)CNC(C)(C)CC2Cc3ccccc3C2)c1. The molecular formula is C26H34BrNO3. The number of aryl methyl sites for hydroxylation is 1. The Morgan fingerprint density at radius 3 is 2.55 bits per heavy atom. The second kappa shape index (κ2) is 10.8. The molecule has 0 saturated heterocycles. The Labute approximate surface area is 194 Å². The number of hydrogen-bond acceptors (Lipinski definition) is 4. The molecule has 0 bridgehead atoms. The molecule has 31 heavy (non-hydrogen) atoms. The van der Waals surface area contributed by atoms with E-state index in [1.165, 1.54) is 11.1 Å². The molecule has 0 saturated carbocycles. The zero-order valence-electron chi connectivity index (χ0n) is 18.8. The number of benzene rings is 2. The van der Waals surface area contributed by atoms with Crippen LogP contribution in [-0.2, 0) is 24.1 Å². The fourth-order valence-corrected chi connectivity index (χ4v) is 4.72. The van der Waals surface area contributed by atoms with Gasteiger partial charge in [-0.15, -0.1) is 0 Å². The van der Waals surface area contributed by atoms with Gasteiger partial charge in [-0.3, -0.25) is 0 Å². The summed E-state index contributed by atoms with van der Waals surface area (Å²) >= 11 is 3.50. The van der Waals surface area contributed by atoms with Gasteiger partial charge in [0.25, 0.3) is 0 Å². The average Bonchev–Trinajstić information content (AvgIpc) is 3.12. The third-order valence-corrected chi connectivity index (χ3v) is 6.60. The van der Waals surface area contributed by atoms with Gasteiger partial charge in [0.1, 0.15) is 24.2 Å². The molecule has 0 amide bonds. The summed E-state index contributed by atoms with van der Waals surface area (Å²) in [7, 11) is 0. The lowest BCUT2D eigenvalue weighted by molar-refractivity contribution is -0.116. The third-order valence-electron chi connectivity index (χ3n) is 5.94. The first kappa shape index (κ1) is 24.0. The molecule has 0 heterocycles. The summed E-state index contributed by atoms with van der Waals surface area (Å²) in [6.45, 7) is 6.71. The fraction of sp³-hybridized carbons (Fsp3) is 0.500. The minimum Gasteiger partial charge on any atom is -0.490 e. The van der Waals surface area contributed by atoms with E-state index in [0.29, 0.717) is 31.1 Å². The van der Waals surface area contributed by atoms with E-state index in [9.17, 15) is 9.90 Å². The number of carbonyl (C=O) groups is 1. The van der Waals surface area contributed by atoms with Crippen molar-refractivity contribution >= 4 is 21.7 Å². The Morgan fingerprint density at radius 1 is 1.23 bits per heavy atom. The Kier molecular flexibility index (Phi) is 8.31. The number of fused-ring (bicyclic) bond motifs is 1. The van der Waals surface area contributed by atoms with E-state index in [4.69, 9.17) is 4.74 Å². The molecule has 0 aliphatic heterocycles. The van der Waals surface area contributed by atoms with Crippen LogP contribution in [0.1, 0.15) is 50.3 Å². The zero-order chi connectivity index (χ0) is 22.4. The standard InChI is InChI=1S/C26H34BrNO3/c1-18(29)8-9-19-10-11-24(27)25(14-19)31-17-23(30)16-28-26(2,3)15-20-12-21-6-4-5-7-22(21)13-20/h4-7,10-11,14,20,23,28,30H,8-9,12-13,15-17H2,1-3H3/t23-/m1/s1. The molecular weight excluding hydrogens is 454 g/mol. The number of hydrogen-bond donors (Lipinski definition) is 2. The molecule has 1 atom stereocenters. The maximum atomic E-state index is 11.2. The van der Waals surface area contributed by atoms with Gasteiger partial charge in [0, 0.05) is 18.5 Å². The van der Waals surface area contributed by atoms with Gasteiger partial charge in [0.2, 0.25) is 0 Å². The molecule has 2 aromatic carbocycles. The summed E-state index contributed by atoms with van der Waals surface area (Å²) in [5.41, 5.74) is 3.96. The highest BCUT2D eigenvalue weighted by Crippen LogP contribution is 2.32. The Bertz CT molecular complexity index is 871. The molecule has 3 rings (SSSR count). The summed E-state index contributed by atoms with van der Waals surface area (Å²) in [5, 5.41) is 14.0. The monoisotopic (exact) mass is 487 g/mol. The summed E-state index contributed by atoms with van der Waals surface area (Å²) in [4.78, 5) is 11.2. The molecule has 5 heteroatoms. The molecule has 4 nitrogen and oxygen atoms in total. The Hall–Kier alpha value is -1.69. The van der Waals surface area contributed by atoms with Crippen LogP contribution in [0.25, 0.3) is 0 Å².